The van der Waals surface area contributed by atoms with Gasteiger partial charge in [0.1, 0.15) is 0 Å². The van der Waals surface area contributed by atoms with Gasteiger partial charge in [-0.3, -0.25) is 14.3 Å². The highest BCUT2D eigenvalue weighted by molar-refractivity contribution is 5.77. The first-order valence-corrected chi connectivity index (χ1v) is 8.73. The van der Waals surface area contributed by atoms with E-state index in [-0.39, 0.29) is 5.91 Å². The monoisotopic (exact) mass is 352 g/mol. The second-order valence-corrected chi connectivity index (χ2v) is 6.31. The number of piperazine rings is 1. The van der Waals surface area contributed by atoms with Gasteiger partial charge < -0.3 is 14.2 Å². The molecule has 1 aliphatic heterocycles. The summed E-state index contributed by atoms with van der Waals surface area (Å²) in [5, 5.41) is 0. The summed E-state index contributed by atoms with van der Waals surface area (Å²) in [6.07, 6.45) is 3.85. The van der Waals surface area contributed by atoms with E-state index in [1.165, 1.54) is 4.57 Å². The fourth-order valence-electron chi connectivity index (χ4n) is 3.36. The molecule has 2 aromatic heterocycles. The zero-order valence-electron chi connectivity index (χ0n) is 14.4. The van der Waals surface area contributed by atoms with Gasteiger partial charge >= 0.3 is 5.76 Å². The predicted molar refractivity (Wildman–Crippen MR) is 98.1 cm³/mol. The molecule has 1 fully saturated rings. The van der Waals surface area contributed by atoms with Crippen LogP contribution in [0.15, 0.2) is 58.0 Å². The molecule has 0 unspecified atom stereocenters. The number of pyridine rings is 1. The van der Waals surface area contributed by atoms with E-state index < -0.39 is 5.76 Å². The first kappa shape index (κ1) is 16.4. The molecule has 7 heteroatoms. The van der Waals surface area contributed by atoms with Gasteiger partial charge in [-0.15, -0.1) is 0 Å². The van der Waals surface area contributed by atoms with Crippen molar-refractivity contribution >= 4 is 22.7 Å². The van der Waals surface area contributed by atoms with Crippen LogP contribution in [0.1, 0.15) is 6.42 Å². The van der Waals surface area contributed by atoms with Gasteiger partial charge in [0.15, 0.2) is 5.58 Å². The zero-order valence-corrected chi connectivity index (χ0v) is 14.4. The minimum atomic E-state index is -0.415. The lowest BCUT2D eigenvalue weighted by Crippen LogP contribution is -2.49. The number of rotatable bonds is 4. The molecule has 1 aromatic carbocycles. The molecule has 3 aromatic rings. The lowest BCUT2D eigenvalue weighted by atomic mass is 10.2. The van der Waals surface area contributed by atoms with Crippen LogP contribution in [-0.2, 0) is 11.3 Å². The van der Waals surface area contributed by atoms with E-state index in [9.17, 15) is 9.59 Å². The van der Waals surface area contributed by atoms with Gasteiger partial charge in [0.2, 0.25) is 5.91 Å². The van der Waals surface area contributed by atoms with Crippen LogP contribution in [0.3, 0.4) is 0 Å². The quantitative estimate of drug-likeness (QED) is 0.715. The topological polar surface area (TPSA) is 71.6 Å². The summed E-state index contributed by atoms with van der Waals surface area (Å²) in [5.41, 5.74) is 2.41. The maximum atomic E-state index is 12.5. The molecule has 134 valence electrons. The van der Waals surface area contributed by atoms with Crippen molar-refractivity contribution in [2.75, 3.05) is 31.1 Å². The minimum Gasteiger partial charge on any atom is -0.408 e. The summed E-state index contributed by atoms with van der Waals surface area (Å²) in [5.74, 6) is -0.349. The van der Waals surface area contributed by atoms with Crippen molar-refractivity contribution in [3.05, 3.63) is 59.3 Å². The Morgan fingerprint density at radius 1 is 1.04 bits per heavy atom. The summed E-state index contributed by atoms with van der Waals surface area (Å²) >= 11 is 0. The highest BCUT2D eigenvalue weighted by atomic mass is 16.4. The fourth-order valence-corrected chi connectivity index (χ4v) is 3.36. The number of anilines is 1. The first-order valence-electron chi connectivity index (χ1n) is 8.73. The van der Waals surface area contributed by atoms with Gasteiger partial charge in [-0.1, -0.05) is 12.1 Å². The number of amides is 1. The van der Waals surface area contributed by atoms with Crippen molar-refractivity contribution in [2.24, 2.45) is 0 Å². The number of hydrogen-bond donors (Lipinski definition) is 0. The number of aromatic nitrogens is 2. The molecule has 1 saturated heterocycles. The Labute approximate surface area is 150 Å². The molecule has 0 aliphatic carbocycles. The molecule has 0 spiro atoms. The Bertz CT molecular complexity index is 956. The fraction of sp³-hybridized carbons (Fsp3) is 0.316. The van der Waals surface area contributed by atoms with Crippen LogP contribution in [0.2, 0.25) is 0 Å². The number of fused-ring (bicyclic) bond motifs is 1. The Kier molecular flexibility index (Phi) is 4.43. The van der Waals surface area contributed by atoms with Crippen molar-refractivity contribution in [3.63, 3.8) is 0 Å². The number of carbonyl (C=O) groups excluding carboxylic acids is 1. The molecule has 1 aliphatic rings. The lowest BCUT2D eigenvalue weighted by Gasteiger charge is -2.36. The van der Waals surface area contributed by atoms with Crippen molar-refractivity contribution in [3.8, 4) is 0 Å². The lowest BCUT2D eigenvalue weighted by molar-refractivity contribution is -0.131. The van der Waals surface area contributed by atoms with Crippen molar-refractivity contribution in [1.82, 2.24) is 14.5 Å². The number of aryl methyl sites for hydroxylation is 1. The molecule has 0 saturated carbocycles. The van der Waals surface area contributed by atoms with Gasteiger partial charge in [-0.2, -0.15) is 0 Å². The summed E-state index contributed by atoms with van der Waals surface area (Å²) in [6, 6.07) is 11.2. The maximum Gasteiger partial charge on any atom is 0.419 e. The number of hydrogen-bond acceptors (Lipinski definition) is 5. The Hall–Kier alpha value is -3.09. The predicted octanol–water partition coefficient (Wildman–Crippen LogP) is 1.73. The molecule has 3 heterocycles. The molecular formula is C19H20N4O3. The van der Waals surface area contributed by atoms with E-state index in [0.717, 1.165) is 24.3 Å². The Morgan fingerprint density at radius 3 is 2.54 bits per heavy atom. The van der Waals surface area contributed by atoms with E-state index in [0.29, 0.717) is 31.6 Å². The number of nitrogens with zero attached hydrogens (tertiary/aromatic N) is 4. The average molecular weight is 352 g/mol. The second kappa shape index (κ2) is 7.03. The van der Waals surface area contributed by atoms with Crippen molar-refractivity contribution in [2.45, 2.75) is 13.0 Å². The minimum absolute atomic E-state index is 0.0663. The van der Waals surface area contributed by atoms with Crippen LogP contribution in [-0.4, -0.2) is 46.5 Å². The number of oxazole rings is 1. The molecule has 7 nitrogen and oxygen atoms in total. The van der Waals surface area contributed by atoms with Crippen LogP contribution in [0.5, 0.6) is 0 Å². The number of carbonyl (C=O) groups is 1. The standard InChI is InChI=1S/C19H20N4O3/c24-18(7-10-23-16-3-1-2-4-17(16)26-19(23)25)22-13-11-21(12-14-22)15-5-8-20-9-6-15/h1-6,8-9H,7,10-14H2. The normalized spacial score (nSPS) is 14.8. The van der Waals surface area contributed by atoms with E-state index in [1.54, 1.807) is 18.5 Å². The van der Waals surface area contributed by atoms with E-state index >= 15 is 0 Å². The summed E-state index contributed by atoms with van der Waals surface area (Å²) < 4.78 is 6.74. The van der Waals surface area contributed by atoms with Crippen LogP contribution < -0.4 is 10.7 Å². The number of benzene rings is 1. The molecule has 1 amide bonds. The highest BCUT2D eigenvalue weighted by Gasteiger charge is 2.21. The summed E-state index contributed by atoms with van der Waals surface area (Å²) in [7, 11) is 0. The highest BCUT2D eigenvalue weighted by Crippen LogP contribution is 2.16. The molecule has 0 atom stereocenters. The third kappa shape index (κ3) is 3.20. The third-order valence-corrected chi connectivity index (χ3v) is 4.78. The molecule has 26 heavy (non-hydrogen) atoms. The summed E-state index contributed by atoms with van der Waals surface area (Å²) in [4.78, 5) is 32.7. The third-order valence-electron chi connectivity index (χ3n) is 4.78. The molecule has 0 N–H and O–H groups in total. The Balaban J connectivity index is 1.36. The zero-order chi connectivity index (χ0) is 17.9. The van der Waals surface area contributed by atoms with Gasteiger partial charge in [0.05, 0.1) is 5.52 Å². The van der Waals surface area contributed by atoms with Gasteiger partial charge in [0, 0.05) is 57.2 Å². The molecule has 0 radical (unpaired) electrons. The molecular weight excluding hydrogens is 332 g/mol. The van der Waals surface area contributed by atoms with Gasteiger partial charge in [-0.05, 0) is 24.3 Å². The summed E-state index contributed by atoms with van der Waals surface area (Å²) in [6.45, 7) is 3.29. The van der Waals surface area contributed by atoms with Crippen LogP contribution in [0, 0.1) is 0 Å². The largest absolute Gasteiger partial charge is 0.419 e. The molecule has 0 bridgehead atoms. The van der Waals surface area contributed by atoms with E-state index in [4.69, 9.17) is 4.42 Å². The first-order chi connectivity index (χ1) is 12.7. The smallest absolute Gasteiger partial charge is 0.408 e. The Morgan fingerprint density at radius 2 is 1.77 bits per heavy atom. The van der Waals surface area contributed by atoms with Gasteiger partial charge in [-0.25, -0.2) is 4.79 Å². The van der Waals surface area contributed by atoms with Crippen molar-refractivity contribution in [1.29, 1.82) is 0 Å². The van der Waals surface area contributed by atoms with Crippen LogP contribution in [0.25, 0.3) is 11.1 Å². The number of para-hydroxylation sites is 2. The van der Waals surface area contributed by atoms with E-state index in [1.807, 2.05) is 35.2 Å². The SMILES string of the molecule is O=C(CCn1c(=O)oc2ccccc21)N1CCN(c2ccncc2)CC1. The van der Waals surface area contributed by atoms with E-state index in [2.05, 4.69) is 9.88 Å². The van der Waals surface area contributed by atoms with Crippen molar-refractivity contribution < 1.29 is 9.21 Å². The molecule has 4 rings (SSSR count). The van der Waals surface area contributed by atoms with Crippen LogP contribution in [0.4, 0.5) is 5.69 Å². The second-order valence-electron chi connectivity index (χ2n) is 6.31. The average Bonchev–Trinajstić information content (AvgIpc) is 3.02. The van der Waals surface area contributed by atoms with Gasteiger partial charge in [0.25, 0.3) is 0 Å². The van der Waals surface area contributed by atoms with Crippen LogP contribution >= 0.6 is 0 Å². The maximum absolute atomic E-state index is 12.5.